The van der Waals surface area contributed by atoms with Gasteiger partial charge < -0.3 is 21.1 Å². The summed E-state index contributed by atoms with van der Waals surface area (Å²) < 4.78 is 7.64. The number of ether oxygens (including phenoxy) is 1. The molecular weight excluding hydrogens is 504 g/mol. The van der Waals surface area contributed by atoms with Crippen molar-refractivity contribution >= 4 is 29.0 Å². The van der Waals surface area contributed by atoms with Gasteiger partial charge in [0.25, 0.3) is 5.91 Å². The highest BCUT2D eigenvalue weighted by Gasteiger charge is 2.21. The maximum absolute atomic E-state index is 12.2. The van der Waals surface area contributed by atoms with Crippen LogP contribution in [0.5, 0.6) is 5.75 Å². The zero-order valence-corrected chi connectivity index (χ0v) is 22.8. The van der Waals surface area contributed by atoms with Crippen LogP contribution in [0.2, 0.25) is 0 Å². The SMILES string of the molecule is C=C1CC(C)CC(CCn2cc(Nc3ncc(C(N)=O)c(Nc4cccc(-c5ccccn5)c4OC)n3)cn2)C1. The topological polar surface area (TPSA) is 133 Å². The fourth-order valence-electron chi connectivity index (χ4n) is 5.36. The van der Waals surface area contributed by atoms with Gasteiger partial charge in [-0.2, -0.15) is 10.1 Å². The molecule has 4 N–H and O–H groups in total. The van der Waals surface area contributed by atoms with Gasteiger partial charge in [0.15, 0.2) is 5.75 Å². The second-order valence-electron chi connectivity index (χ2n) is 10.3. The van der Waals surface area contributed by atoms with Crippen molar-refractivity contribution in [3.05, 3.63) is 78.9 Å². The molecule has 1 amide bonds. The quantitative estimate of drug-likeness (QED) is 0.219. The Morgan fingerprint density at radius 1 is 1.15 bits per heavy atom. The maximum atomic E-state index is 12.2. The number of methoxy groups -OCH3 is 1. The number of nitrogens with one attached hydrogen (secondary N) is 2. The van der Waals surface area contributed by atoms with Crippen LogP contribution in [-0.2, 0) is 6.54 Å². The predicted molar refractivity (Wildman–Crippen MR) is 156 cm³/mol. The Balaban J connectivity index is 1.33. The summed E-state index contributed by atoms with van der Waals surface area (Å²) >= 11 is 0. The molecule has 206 valence electrons. The number of hydrogen-bond acceptors (Lipinski definition) is 8. The summed E-state index contributed by atoms with van der Waals surface area (Å²) in [4.78, 5) is 25.5. The van der Waals surface area contributed by atoms with Gasteiger partial charge in [-0.25, -0.2) is 4.98 Å². The second kappa shape index (κ2) is 12.0. The molecule has 0 aliphatic heterocycles. The van der Waals surface area contributed by atoms with Crippen LogP contribution >= 0.6 is 0 Å². The number of anilines is 4. The molecule has 0 bridgehead atoms. The Morgan fingerprint density at radius 3 is 2.77 bits per heavy atom. The first kappa shape index (κ1) is 26.9. The normalized spacial score (nSPS) is 16.9. The van der Waals surface area contributed by atoms with E-state index in [2.05, 4.69) is 44.2 Å². The third kappa shape index (κ3) is 6.28. The van der Waals surface area contributed by atoms with E-state index < -0.39 is 5.91 Å². The van der Waals surface area contributed by atoms with Gasteiger partial charge >= 0.3 is 0 Å². The summed E-state index contributed by atoms with van der Waals surface area (Å²) in [7, 11) is 1.58. The highest BCUT2D eigenvalue weighted by atomic mass is 16.5. The van der Waals surface area contributed by atoms with Gasteiger partial charge in [-0.1, -0.05) is 31.2 Å². The number of carbonyl (C=O) groups is 1. The van der Waals surface area contributed by atoms with Gasteiger partial charge in [0.05, 0.1) is 30.4 Å². The number of allylic oxidation sites excluding steroid dienone is 1. The lowest BCUT2D eigenvalue weighted by molar-refractivity contribution is 0.100. The van der Waals surface area contributed by atoms with Crippen molar-refractivity contribution in [1.29, 1.82) is 0 Å². The minimum Gasteiger partial charge on any atom is -0.494 e. The van der Waals surface area contributed by atoms with Crippen LogP contribution in [0, 0.1) is 11.8 Å². The van der Waals surface area contributed by atoms with E-state index in [0.717, 1.165) is 42.8 Å². The van der Waals surface area contributed by atoms with Crippen molar-refractivity contribution in [1.82, 2.24) is 24.7 Å². The van der Waals surface area contributed by atoms with Crippen molar-refractivity contribution in [2.45, 2.75) is 39.2 Å². The lowest BCUT2D eigenvalue weighted by atomic mass is 9.78. The van der Waals surface area contributed by atoms with E-state index in [9.17, 15) is 4.79 Å². The van der Waals surface area contributed by atoms with Gasteiger partial charge in [-0.3, -0.25) is 14.5 Å². The van der Waals surface area contributed by atoms with E-state index >= 15 is 0 Å². The zero-order chi connectivity index (χ0) is 28.1. The summed E-state index contributed by atoms with van der Waals surface area (Å²) in [5.41, 5.74) is 10.0. The number of para-hydroxylation sites is 1. The molecule has 3 aromatic heterocycles. The predicted octanol–water partition coefficient (Wildman–Crippen LogP) is 5.71. The smallest absolute Gasteiger partial charge is 0.254 e. The van der Waals surface area contributed by atoms with E-state index in [0.29, 0.717) is 29.2 Å². The van der Waals surface area contributed by atoms with Gasteiger partial charge in [-0.05, 0) is 61.8 Å². The van der Waals surface area contributed by atoms with Crippen LogP contribution in [0.15, 0.2) is 73.3 Å². The van der Waals surface area contributed by atoms with E-state index in [1.807, 2.05) is 47.3 Å². The summed E-state index contributed by atoms with van der Waals surface area (Å²) in [5.74, 6) is 1.79. The molecule has 2 atom stereocenters. The summed E-state index contributed by atoms with van der Waals surface area (Å²) in [6.45, 7) is 7.33. The molecule has 1 aromatic carbocycles. The Morgan fingerprint density at radius 2 is 2.02 bits per heavy atom. The molecule has 1 saturated carbocycles. The molecule has 40 heavy (non-hydrogen) atoms. The second-order valence-corrected chi connectivity index (χ2v) is 10.3. The van der Waals surface area contributed by atoms with E-state index in [1.54, 1.807) is 19.5 Å². The minimum absolute atomic E-state index is 0.148. The highest BCUT2D eigenvalue weighted by molar-refractivity contribution is 5.98. The molecule has 0 saturated heterocycles. The van der Waals surface area contributed by atoms with Crippen molar-refractivity contribution in [2.75, 3.05) is 17.7 Å². The Bertz CT molecular complexity index is 1500. The molecule has 10 nitrogen and oxygen atoms in total. The molecule has 1 fully saturated rings. The summed E-state index contributed by atoms with van der Waals surface area (Å²) in [5, 5.41) is 10.9. The monoisotopic (exact) mass is 538 g/mol. The van der Waals surface area contributed by atoms with Crippen LogP contribution in [0.25, 0.3) is 11.3 Å². The molecule has 2 unspecified atom stereocenters. The lowest BCUT2D eigenvalue weighted by Crippen LogP contribution is -2.17. The van der Waals surface area contributed by atoms with Crippen molar-refractivity contribution < 1.29 is 9.53 Å². The Hall–Kier alpha value is -4.73. The number of carbonyl (C=O) groups excluding carboxylic acids is 1. The molecule has 1 aliphatic rings. The number of rotatable bonds is 10. The van der Waals surface area contributed by atoms with Gasteiger partial charge in [0, 0.05) is 30.7 Å². The van der Waals surface area contributed by atoms with Crippen molar-refractivity contribution in [3.8, 4) is 17.0 Å². The number of benzene rings is 1. The Labute approximate surface area is 233 Å². The molecule has 0 spiro atoms. The molecule has 4 aromatic rings. The van der Waals surface area contributed by atoms with E-state index in [1.165, 1.54) is 18.2 Å². The molecular formula is C30H34N8O2. The number of aromatic nitrogens is 5. The van der Waals surface area contributed by atoms with E-state index in [4.69, 9.17) is 10.5 Å². The highest BCUT2D eigenvalue weighted by Crippen LogP contribution is 2.37. The molecule has 3 heterocycles. The number of nitrogens with zero attached hydrogens (tertiary/aromatic N) is 5. The fraction of sp³-hybridized carbons (Fsp3) is 0.300. The first-order valence-corrected chi connectivity index (χ1v) is 13.4. The van der Waals surface area contributed by atoms with Crippen molar-refractivity contribution in [2.24, 2.45) is 17.6 Å². The third-order valence-electron chi connectivity index (χ3n) is 7.07. The first-order chi connectivity index (χ1) is 19.4. The fourth-order valence-corrected chi connectivity index (χ4v) is 5.36. The average Bonchev–Trinajstić information content (AvgIpc) is 3.39. The third-order valence-corrected chi connectivity index (χ3v) is 7.07. The Kier molecular flexibility index (Phi) is 8.04. The van der Waals surface area contributed by atoms with Crippen LogP contribution in [0.3, 0.4) is 0 Å². The van der Waals surface area contributed by atoms with Crippen LogP contribution < -0.4 is 21.1 Å². The molecule has 1 aliphatic carbocycles. The molecule has 10 heteroatoms. The lowest BCUT2D eigenvalue weighted by Gasteiger charge is -2.28. The summed E-state index contributed by atoms with van der Waals surface area (Å²) in [6.07, 6.45) is 11.3. The number of primary amides is 1. The van der Waals surface area contributed by atoms with Crippen LogP contribution in [0.1, 0.15) is 43.0 Å². The van der Waals surface area contributed by atoms with Crippen molar-refractivity contribution in [3.63, 3.8) is 0 Å². The molecule has 5 rings (SSSR count). The first-order valence-electron chi connectivity index (χ1n) is 13.4. The number of hydrogen-bond donors (Lipinski definition) is 3. The maximum Gasteiger partial charge on any atom is 0.254 e. The van der Waals surface area contributed by atoms with Gasteiger partial charge in [-0.15, -0.1) is 0 Å². The standard InChI is InChI=1S/C30H34N8O2/c1-19-13-20(2)15-21(14-19)10-12-38-18-22(16-34-38)35-30-33-17-24(28(31)39)29(37-30)36-26-9-6-7-23(27(26)40-3)25-8-4-5-11-32-25/h4-9,11,16-18,20-21H,1,10,12-15H2,2-3H3,(H2,31,39)(H2,33,35,36,37). The zero-order valence-electron chi connectivity index (χ0n) is 22.8. The van der Waals surface area contributed by atoms with Gasteiger partial charge in [0.2, 0.25) is 5.95 Å². The minimum atomic E-state index is -0.651. The number of pyridine rings is 1. The number of amides is 1. The largest absolute Gasteiger partial charge is 0.494 e. The van der Waals surface area contributed by atoms with Crippen LogP contribution in [-0.4, -0.2) is 37.7 Å². The van der Waals surface area contributed by atoms with Gasteiger partial charge in [0.1, 0.15) is 11.4 Å². The number of aryl methyl sites for hydroxylation is 1. The van der Waals surface area contributed by atoms with E-state index in [-0.39, 0.29) is 11.4 Å². The number of nitrogens with two attached hydrogens (primary N) is 1. The molecule has 0 radical (unpaired) electrons. The van der Waals surface area contributed by atoms with Crippen LogP contribution in [0.4, 0.5) is 23.1 Å². The summed E-state index contributed by atoms with van der Waals surface area (Å²) in [6, 6.07) is 11.3. The average molecular weight is 539 g/mol.